The van der Waals surface area contributed by atoms with E-state index in [1.807, 2.05) is 12.3 Å². The monoisotopic (exact) mass is 449 g/mol. The molecule has 0 fully saturated rings. The number of aryl methyl sites for hydroxylation is 1. The zero-order chi connectivity index (χ0) is 22.7. The van der Waals surface area contributed by atoms with Crippen LogP contribution in [0.25, 0.3) is 5.57 Å². The first kappa shape index (κ1) is 21.5. The number of nitrogens with zero attached hydrogens (tertiary/aromatic N) is 2. The molecule has 1 aliphatic heterocycles. The third-order valence-electron chi connectivity index (χ3n) is 6.34. The Bertz CT molecular complexity index is 1240. The summed E-state index contributed by atoms with van der Waals surface area (Å²) in [7, 11) is 6.23. The number of carboxylic acid groups (broad SMARTS) is 1. The van der Waals surface area contributed by atoms with Crippen LogP contribution in [0.2, 0.25) is 13.1 Å². The Kier molecular flexibility index (Phi) is 5.18. The number of benzene rings is 1. The maximum atomic E-state index is 12.1. The molecule has 4 nitrogen and oxygen atoms in total. The first-order valence-corrected chi connectivity index (χ1v) is 14.2. The van der Waals surface area contributed by atoms with E-state index in [0.29, 0.717) is 4.88 Å². The lowest BCUT2D eigenvalue weighted by Crippen LogP contribution is -2.49. The van der Waals surface area contributed by atoms with Crippen molar-refractivity contribution >= 4 is 47.5 Å². The van der Waals surface area contributed by atoms with Crippen molar-refractivity contribution in [2.75, 3.05) is 33.1 Å². The van der Waals surface area contributed by atoms with E-state index in [1.165, 1.54) is 44.3 Å². The molecule has 2 heterocycles. The van der Waals surface area contributed by atoms with Crippen LogP contribution in [-0.2, 0) is 0 Å². The highest BCUT2D eigenvalue weighted by Gasteiger charge is 2.41. The summed E-state index contributed by atoms with van der Waals surface area (Å²) in [6, 6.07) is 6.65. The molecule has 31 heavy (non-hydrogen) atoms. The first-order chi connectivity index (χ1) is 14.5. The largest absolute Gasteiger partial charge is 0.477 e. The minimum atomic E-state index is -2.02. The average molecular weight is 450 g/mol. The molecule has 2 aromatic rings. The predicted octanol–water partition coefficient (Wildman–Crippen LogP) is 4.30. The summed E-state index contributed by atoms with van der Waals surface area (Å²) < 4.78 is 2.13. The molecular weight excluding hydrogens is 420 g/mol. The van der Waals surface area contributed by atoms with Crippen molar-refractivity contribution in [2.24, 2.45) is 0 Å². The average Bonchev–Trinajstić information content (AvgIpc) is 3.09. The van der Waals surface area contributed by atoms with Gasteiger partial charge in [0.1, 0.15) is 27.0 Å². The molecule has 1 aromatic carbocycles. The van der Waals surface area contributed by atoms with Gasteiger partial charge in [0.05, 0.1) is 0 Å². The number of fused-ring (bicyclic) bond motifs is 2. The highest BCUT2D eigenvalue weighted by atomic mass is 32.1. The molecule has 1 N–H and O–H groups in total. The van der Waals surface area contributed by atoms with Crippen molar-refractivity contribution in [2.45, 2.75) is 20.0 Å². The van der Waals surface area contributed by atoms with Crippen LogP contribution in [-0.4, -0.2) is 57.6 Å². The molecule has 0 bridgehead atoms. The number of hydrogen-bond donors (Lipinski definition) is 1. The normalized spacial score (nSPS) is 16.6. The van der Waals surface area contributed by atoms with Crippen molar-refractivity contribution in [3.05, 3.63) is 74.1 Å². The molecule has 0 saturated carbocycles. The summed E-state index contributed by atoms with van der Waals surface area (Å²) in [6.45, 7) is 6.82. The second-order valence-corrected chi connectivity index (χ2v) is 14.4. The number of thiophene rings is 1. The maximum absolute atomic E-state index is 12.1. The lowest BCUT2D eigenvalue weighted by molar-refractivity contribution is -0.462. The lowest BCUT2D eigenvalue weighted by Gasteiger charge is -2.38. The molecular formula is C25H29N2O2SSi+. The summed E-state index contributed by atoms with van der Waals surface area (Å²) in [5, 5.41) is 14.6. The van der Waals surface area contributed by atoms with Crippen LogP contribution in [0.1, 0.15) is 26.4 Å². The van der Waals surface area contributed by atoms with Gasteiger partial charge in [0.2, 0.25) is 0 Å². The van der Waals surface area contributed by atoms with Gasteiger partial charge in [-0.25, -0.2) is 9.37 Å². The van der Waals surface area contributed by atoms with Crippen LogP contribution in [0.3, 0.4) is 0 Å². The summed E-state index contributed by atoms with van der Waals surface area (Å²) in [5.74, 6) is -0.861. The zero-order valence-electron chi connectivity index (χ0n) is 19.2. The minimum absolute atomic E-state index is 0.416. The summed E-state index contributed by atoms with van der Waals surface area (Å²) in [5.41, 5.74) is 7.64. The molecule has 1 aromatic heterocycles. The van der Waals surface area contributed by atoms with Gasteiger partial charge in [-0.15, -0.1) is 11.3 Å². The summed E-state index contributed by atoms with van der Waals surface area (Å²) >= 11 is 1.32. The molecule has 1 aliphatic carbocycles. The van der Waals surface area contributed by atoms with Crippen molar-refractivity contribution in [1.29, 1.82) is 0 Å². The fraction of sp³-hybridized carbons (Fsp3) is 0.280. The van der Waals surface area contributed by atoms with E-state index in [4.69, 9.17) is 0 Å². The molecule has 0 radical (unpaired) electrons. The van der Waals surface area contributed by atoms with Crippen molar-refractivity contribution < 1.29 is 14.5 Å². The van der Waals surface area contributed by atoms with Gasteiger partial charge in [-0.05, 0) is 63.2 Å². The van der Waals surface area contributed by atoms with Gasteiger partial charge in [-0.2, -0.15) is 0 Å². The Labute approximate surface area is 189 Å². The van der Waals surface area contributed by atoms with Crippen LogP contribution in [0.4, 0.5) is 5.69 Å². The van der Waals surface area contributed by atoms with Gasteiger partial charge in [-0.1, -0.05) is 19.2 Å². The molecule has 0 amide bonds. The number of carbonyl (C=O) groups is 1. The van der Waals surface area contributed by atoms with E-state index < -0.39 is 14.0 Å². The second-order valence-electron chi connectivity index (χ2n) is 9.18. The molecule has 0 unspecified atom stereocenters. The topological polar surface area (TPSA) is 43.5 Å². The molecule has 0 atom stereocenters. The smallest absolute Gasteiger partial charge is 0.346 e. The highest BCUT2D eigenvalue weighted by molar-refractivity contribution is 7.12. The van der Waals surface area contributed by atoms with E-state index in [9.17, 15) is 9.90 Å². The Morgan fingerprint density at radius 1 is 1.16 bits per heavy atom. The van der Waals surface area contributed by atoms with E-state index in [1.54, 1.807) is 0 Å². The van der Waals surface area contributed by atoms with Crippen LogP contribution < -0.4 is 10.1 Å². The van der Waals surface area contributed by atoms with Crippen LogP contribution in [0.5, 0.6) is 0 Å². The standard InChI is InChI=1S/C25H28N2O2SSi/c1-15-14-30-24(25(28)29)22(15)23-18-10-8-16(26(2)3)12-20(18)31(6,7)21-13-17(27(4)5)9-11-19(21)23/h8-14H,1-7H3/p+1. The number of hydrogen-bond acceptors (Lipinski definition) is 3. The van der Waals surface area contributed by atoms with Gasteiger partial charge < -0.3 is 10.0 Å². The van der Waals surface area contributed by atoms with Gasteiger partial charge in [-0.3, -0.25) is 0 Å². The van der Waals surface area contributed by atoms with E-state index in [-0.39, 0.29) is 0 Å². The maximum Gasteiger partial charge on any atom is 0.346 e. The van der Waals surface area contributed by atoms with E-state index >= 15 is 0 Å². The van der Waals surface area contributed by atoms with Crippen molar-refractivity contribution in [3.63, 3.8) is 0 Å². The quantitative estimate of drug-likeness (QED) is 0.561. The van der Waals surface area contributed by atoms with Gasteiger partial charge in [0, 0.05) is 37.5 Å². The van der Waals surface area contributed by atoms with Crippen LogP contribution in [0, 0.1) is 6.92 Å². The van der Waals surface area contributed by atoms with E-state index in [0.717, 1.165) is 16.7 Å². The van der Waals surface area contributed by atoms with Crippen LogP contribution >= 0.6 is 11.3 Å². The number of carboxylic acids is 1. The molecule has 0 spiro atoms. The number of rotatable bonds is 3. The van der Waals surface area contributed by atoms with Gasteiger partial charge in [0.15, 0.2) is 5.71 Å². The van der Waals surface area contributed by atoms with Crippen molar-refractivity contribution in [1.82, 2.24) is 0 Å². The van der Waals surface area contributed by atoms with Gasteiger partial charge >= 0.3 is 5.97 Å². The van der Waals surface area contributed by atoms with E-state index in [2.05, 4.69) is 87.2 Å². The summed E-state index contributed by atoms with van der Waals surface area (Å²) in [6.07, 6.45) is 6.65. The third-order valence-corrected chi connectivity index (χ3v) is 11.0. The zero-order valence-corrected chi connectivity index (χ0v) is 21.0. The van der Waals surface area contributed by atoms with Crippen molar-refractivity contribution in [3.8, 4) is 0 Å². The highest BCUT2D eigenvalue weighted by Crippen LogP contribution is 2.44. The predicted molar refractivity (Wildman–Crippen MR) is 134 cm³/mol. The lowest BCUT2D eigenvalue weighted by atomic mass is 9.88. The first-order valence-electron chi connectivity index (χ1n) is 10.4. The van der Waals surface area contributed by atoms with Crippen LogP contribution in [0.15, 0.2) is 52.6 Å². The third kappa shape index (κ3) is 3.34. The SMILES string of the molecule is Cc1csc(C(=O)O)c1C1=C2C=CC(=[N+](C)C)C=C2[Si](C)(C)c2cc(N(C)C)ccc21. The Morgan fingerprint density at radius 3 is 2.48 bits per heavy atom. The molecule has 160 valence electrons. The molecule has 0 saturated heterocycles. The Balaban J connectivity index is 2.15. The second kappa shape index (κ2) is 7.46. The molecule has 4 rings (SSSR count). The molecule has 2 aliphatic rings. The molecule has 6 heteroatoms. The number of aromatic carboxylic acids is 1. The Hall–Kier alpha value is -2.70. The summed E-state index contributed by atoms with van der Waals surface area (Å²) in [4.78, 5) is 14.7. The Morgan fingerprint density at radius 2 is 1.87 bits per heavy atom. The fourth-order valence-corrected chi connectivity index (χ4v) is 8.53. The fourth-order valence-electron chi connectivity index (χ4n) is 4.56. The number of anilines is 1. The van der Waals surface area contributed by atoms with Gasteiger partial charge in [0.25, 0.3) is 0 Å². The number of allylic oxidation sites excluding steroid dienone is 5. The minimum Gasteiger partial charge on any atom is -0.477 e.